The summed E-state index contributed by atoms with van der Waals surface area (Å²) in [5, 5.41) is 0. The lowest BCUT2D eigenvalue weighted by atomic mass is 9.98. The molecule has 0 fully saturated rings. The predicted molar refractivity (Wildman–Crippen MR) is 62.7 cm³/mol. The van der Waals surface area contributed by atoms with Gasteiger partial charge in [-0.3, -0.25) is 4.79 Å². The molecule has 76 valence electrons. The van der Waals surface area contributed by atoms with Crippen molar-refractivity contribution in [2.24, 2.45) is 0 Å². The van der Waals surface area contributed by atoms with E-state index in [1.807, 2.05) is 6.92 Å². The van der Waals surface area contributed by atoms with E-state index in [2.05, 4.69) is 22.9 Å². The fourth-order valence-electron chi connectivity index (χ4n) is 1.67. The second-order valence-electron chi connectivity index (χ2n) is 3.14. The van der Waals surface area contributed by atoms with Crippen molar-refractivity contribution < 1.29 is 4.79 Å². The molecule has 0 aliphatic heterocycles. The Balaban J connectivity index is 3.47. The van der Waals surface area contributed by atoms with Crippen molar-refractivity contribution in [2.45, 2.75) is 26.7 Å². The number of hydrogen-bond donors (Lipinski definition) is 1. The lowest BCUT2D eigenvalue weighted by Crippen LogP contribution is -2.03. The Morgan fingerprint density at radius 2 is 1.93 bits per heavy atom. The lowest BCUT2D eigenvalue weighted by molar-refractivity contribution is 0.112. The number of carbonyl (C=O) groups is 1. The number of aldehydes is 1. The minimum atomic E-state index is 0.575. The van der Waals surface area contributed by atoms with E-state index in [1.165, 1.54) is 5.56 Å². The van der Waals surface area contributed by atoms with Gasteiger partial charge in [0.05, 0.1) is 0 Å². The van der Waals surface area contributed by atoms with Crippen LogP contribution in [0.25, 0.3) is 0 Å². The van der Waals surface area contributed by atoms with Crippen molar-refractivity contribution in [1.82, 2.24) is 0 Å². The first-order valence-electron chi connectivity index (χ1n) is 4.70. The van der Waals surface area contributed by atoms with Gasteiger partial charge in [0.1, 0.15) is 0 Å². The quantitative estimate of drug-likeness (QED) is 0.667. The van der Waals surface area contributed by atoms with Crippen LogP contribution < -0.4 is 5.73 Å². The molecule has 0 heterocycles. The Morgan fingerprint density at radius 3 is 2.36 bits per heavy atom. The molecule has 0 atom stereocenters. The molecule has 1 aromatic carbocycles. The van der Waals surface area contributed by atoms with Crippen molar-refractivity contribution in [3.8, 4) is 0 Å². The summed E-state index contributed by atoms with van der Waals surface area (Å²) in [4.78, 5) is 10.7. The fraction of sp³-hybridized carbons (Fsp3) is 0.364. The van der Waals surface area contributed by atoms with Crippen molar-refractivity contribution in [3.05, 3.63) is 27.2 Å². The van der Waals surface area contributed by atoms with Gasteiger partial charge >= 0.3 is 0 Å². The molecule has 0 saturated carbocycles. The number of anilines is 1. The molecule has 2 nitrogen and oxygen atoms in total. The largest absolute Gasteiger partial charge is 0.398 e. The summed E-state index contributed by atoms with van der Waals surface area (Å²) in [6, 6.07) is 1.79. The van der Waals surface area contributed by atoms with E-state index in [4.69, 9.17) is 5.73 Å². The highest BCUT2D eigenvalue weighted by Crippen LogP contribution is 2.29. The van der Waals surface area contributed by atoms with E-state index < -0.39 is 0 Å². The normalized spacial score (nSPS) is 10.2. The topological polar surface area (TPSA) is 43.1 Å². The van der Waals surface area contributed by atoms with Gasteiger partial charge in [-0.05, 0) is 30.0 Å². The highest BCUT2D eigenvalue weighted by atomic mass is 79.9. The van der Waals surface area contributed by atoms with Gasteiger partial charge in [-0.2, -0.15) is 0 Å². The number of rotatable bonds is 3. The first-order chi connectivity index (χ1) is 6.65. The van der Waals surface area contributed by atoms with Crippen LogP contribution >= 0.6 is 15.9 Å². The minimum Gasteiger partial charge on any atom is -0.398 e. The van der Waals surface area contributed by atoms with E-state index in [0.717, 1.165) is 29.2 Å². The number of halogens is 1. The zero-order valence-corrected chi connectivity index (χ0v) is 10.0. The highest BCUT2D eigenvalue weighted by Gasteiger charge is 2.11. The summed E-state index contributed by atoms with van der Waals surface area (Å²) in [6.07, 6.45) is 2.58. The maximum Gasteiger partial charge on any atom is 0.152 e. The Morgan fingerprint density at radius 1 is 1.36 bits per heavy atom. The third-order valence-electron chi connectivity index (χ3n) is 2.40. The van der Waals surface area contributed by atoms with Crippen molar-refractivity contribution >= 4 is 27.9 Å². The molecule has 0 bridgehead atoms. The maximum absolute atomic E-state index is 10.7. The molecule has 0 aliphatic rings. The van der Waals surface area contributed by atoms with Crippen LogP contribution in [0.5, 0.6) is 0 Å². The summed E-state index contributed by atoms with van der Waals surface area (Å²) in [7, 11) is 0. The molecule has 14 heavy (non-hydrogen) atoms. The van der Waals surface area contributed by atoms with Crippen LogP contribution in [-0.2, 0) is 12.8 Å². The van der Waals surface area contributed by atoms with Gasteiger partial charge in [-0.25, -0.2) is 0 Å². The van der Waals surface area contributed by atoms with Crippen LogP contribution in [0.2, 0.25) is 0 Å². The van der Waals surface area contributed by atoms with Gasteiger partial charge in [-0.1, -0.05) is 29.8 Å². The summed E-state index contributed by atoms with van der Waals surface area (Å²) in [5.74, 6) is 0. The van der Waals surface area contributed by atoms with Gasteiger partial charge in [0, 0.05) is 15.7 Å². The first-order valence-corrected chi connectivity index (χ1v) is 5.49. The average molecular weight is 256 g/mol. The minimum absolute atomic E-state index is 0.575. The number of nitrogen functional groups attached to an aromatic ring is 1. The van der Waals surface area contributed by atoms with Gasteiger partial charge < -0.3 is 5.73 Å². The summed E-state index contributed by atoms with van der Waals surface area (Å²) >= 11 is 3.46. The molecule has 1 aromatic rings. The van der Waals surface area contributed by atoms with Crippen molar-refractivity contribution in [1.29, 1.82) is 0 Å². The SMILES string of the molecule is CCc1c(Br)cc(C=O)c(N)c1CC. The van der Waals surface area contributed by atoms with E-state index in [-0.39, 0.29) is 0 Å². The number of benzene rings is 1. The molecule has 0 unspecified atom stereocenters. The molecule has 2 N–H and O–H groups in total. The van der Waals surface area contributed by atoms with Gasteiger partial charge in [0.25, 0.3) is 0 Å². The molecule has 0 aromatic heterocycles. The molecular weight excluding hydrogens is 242 g/mol. The molecule has 0 saturated heterocycles. The highest BCUT2D eigenvalue weighted by molar-refractivity contribution is 9.10. The second kappa shape index (κ2) is 4.60. The molecular formula is C11H14BrNO. The number of nitrogens with two attached hydrogens (primary N) is 1. The Labute approximate surface area is 92.6 Å². The molecule has 1 rings (SSSR count). The van der Waals surface area contributed by atoms with E-state index in [9.17, 15) is 4.79 Å². The second-order valence-corrected chi connectivity index (χ2v) is 4.00. The molecule has 3 heteroatoms. The van der Waals surface area contributed by atoms with E-state index in [0.29, 0.717) is 11.3 Å². The van der Waals surface area contributed by atoms with Crippen molar-refractivity contribution in [2.75, 3.05) is 5.73 Å². The number of carbonyl (C=O) groups excluding carboxylic acids is 1. The lowest BCUT2D eigenvalue weighted by Gasteiger charge is -2.13. The third-order valence-corrected chi connectivity index (χ3v) is 3.11. The smallest absolute Gasteiger partial charge is 0.152 e. The van der Waals surface area contributed by atoms with Crippen LogP contribution in [0.3, 0.4) is 0 Å². The zero-order valence-electron chi connectivity index (χ0n) is 8.43. The van der Waals surface area contributed by atoms with Gasteiger partial charge in [0.2, 0.25) is 0 Å². The Kier molecular flexibility index (Phi) is 3.69. The van der Waals surface area contributed by atoms with Gasteiger partial charge in [-0.15, -0.1) is 0 Å². The molecule has 0 spiro atoms. The van der Waals surface area contributed by atoms with Crippen LogP contribution in [0.15, 0.2) is 10.5 Å². The third kappa shape index (κ3) is 1.82. The van der Waals surface area contributed by atoms with E-state index in [1.54, 1.807) is 6.07 Å². The Bertz CT molecular complexity index is 361. The predicted octanol–water partition coefficient (Wildman–Crippen LogP) is 2.97. The number of hydrogen-bond acceptors (Lipinski definition) is 2. The fourth-order valence-corrected chi connectivity index (χ4v) is 2.43. The van der Waals surface area contributed by atoms with Crippen LogP contribution in [0.1, 0.15) is 35.3 Å². The molecule has 0 amide bonds. The molecule has 0 aliphatic carbocycles. The maximum atomic E-state index is 10.7. The van der Waals surface area contributed by atoms with Crippen LogP contribution in [0, 0.1) is 0 Å². The monoisotopic (exact) mass is 255 g/mol. The van der Waals surface area contributed by atoms with Crippen LogP contribution in [-0.4, -0.2) is 6.29 Å². The average Bonchev–Trinajstić information content (AvgIpc) is 2.20. The summed E-state index contributed by atoms with van der Waals surface area (Å²) in [5.41, 5.74) is 9.39. The summed E-state index contributed by atoms with van der Waals surface area (Å²) in [6.45, 7) is 4.13. The Hall–Kier alpha value is -0.830. The first kappa shape index (κ1) is 11.2. The zero-order chi connectivity index (χ0) is 10.7. The van der Waals surface area contributed by atoms with Crippen LogP contribution in [0.4, 0.5) is 5.69 Å². The molecule has 0 radical (unpaired) electrons. The van der Waals surface area contributed by atoms with Gasteiger partial charge in [0.15, 0.2) is 6.29 Å². The standard InChI is InChI=1S/C11H14BrNO/c1-3-8-9(4-2)11(13)7(6-14)5-10(8)12/h5-6H,3-4,13H2,1-2H3. The van der Waals surface area contributed by atoms with Crippen molar-refractivity contribution in [3.63, 3.8) is 0 Å². The summed E-state index contributed by atoms with van der Waals surface area (Å²) < 4.78 is 0.980. The van der Waals surface area contributed by atoms with E-state index >= 15 is 0 Å².